The summed E-state index contributed by atoms with van der Waals surface area (Å²) in [6.07, 6.45) is 2.51. The number of rotatable bonds is 8. The fourth-order valence-corrected chi connectivity index (χ4v) is 2.60. The molecule has 0 radical (unpaired) electrons. The fourth-order valence-electron chi connectivity index (χ4n) is 2.60. The zero-order chi connectivity index (χ0) is 18.7. The first-order valence-electron chi connectivity index (χ1n) is 9.06. The number of guanidine groups is 1. The summed E-state index contributed by atoms with van der Waals surface area (Å²) >= 11 is 0. The summed E-state index contributed by atoms with van der Waals surface area (Å²) in [6, 6.07) is 22.1. The Labute approximate surface area is 160 Å². The van der Waals surface area contributed by atoms with Crippen LogP contribution in [-0.2, 0) is 19.6 Å². The standard InChI is InChI=1S/C22H25N3O2/c1-23-22(24-14-13-21-8-5-15-26-21)25-16-18-9-11-19(12-10-18)17-27-20-6-3-2-4-7-20/h2-12,15H,13-14,16-17H2,1H3,(H2,23,24,25). The third kappa shape index (κ3) is 6.22. The molecule has 0 saturated carbocycles. The van der Waals surface area contributed by atoms with Gasteiger partial charge in [-0.2, -0.15) is 0 Å². The number of nitrogens with zero attached hydrogens (tertiary/aromatic N) is 1. The fraction of sp³-hybridized carbons (Fsp3) is 0.227. The molecule has 0 fully saturated rings. The first-order valence-corrected chi connectivity index (χ1v) is 9.06. The highest BCUT2D eigenvalue weighted by atomic mass is 16.5. The van der Waals surface area contributed by atoms with Crippen molar-refractivity contribution in [3.05, 3.63) is 89.9 Å². The van der Waals surface area contributed by atoms with Gasteiger partial charge >= 0.3 is 0 Å². The molecule has 0 aliphatic carbocycles. The Hall–Kier alpha value is -3.21. The van der Waals surface area contributed by atoms with E-state index < -0.39 is 0 Å². The minimum atomic E-state index is 0.563. The SMILES string of the molecule is CN=C(NCCc1ccco1)NCc1ccc(COc2ccccc2)cc1. The van der Waals surface area contributed by atoms with Crippen molar-refractivity contribution in [1.82, 2.24) is 10.6 Å². The van der Waals surface area contributed by atoms with Crippen LogP contribution in [0.25, 0.3) is 0 Å². The van der Waals surface area contributed by atoms with E-state index in [4.69, 9.17) is 9.15 Å². The number of furan rings is 1. The third-order valence-electron chi connectivity index (χ3n) is 4.10. The number of nitrogens with one attached hydrogen (secondary N) is 2. The van der Waals surface area contributed by atoms with Crippen LogP contribution in [0.1, 0.15) is 16.9 Å². The van der Waals surface area contributed by atoms with Crippen molar-refractivity contribution >= 4 is 5.96 Å². The van der Waals surface area contributed by atoms with E-state index >= 15 is 0 Å². The van der Waals surface area contributed by atoms with E-state index in [0.717, 1.165) is 36.0 Å². The Morgan fingerprint density at radius 2 is 1.70 bits per heavy atom. The number of aliphatic imine (C=N–C) groups is 1. The summed E-state index contributed by atoms with van der Waals surface area (Å²) in [5, 5.41) is 6.61. The average Bonchev–Trinajstić information content (AvgIpc) is 3.24. The molecule has 0 bridgehead atoms. The maximum absolute atomic E-state index is 5.77. The summed E-state index contributed by atoms with van der Waals surface area (Å²) in [5.74, 6) is 2.62. The molecule has 27 heavy (non-hydrogen) atoms. The van der Waals surface area contributed by atoms with Gasteiger partial charge in [0.2, 0.25) is 0 Å². The van der Waals surface area contributed by atoms with Crippen molar-refractivity contribution in [3.8, 4) is 5.75 Å². The molecular formula is C22H25N3O2. The summed E-state index contributed by atoms with van der Waals surface area (Å²) in [5.41, 5.74) is 2.33. The van der Waals surface area contributed by atoms with Gasteiger partial charge in [-0.25, -0.2) is 0 Å². The molecule has 1 aromatic heterocycles. The summed E-state index contributed by atoms with van der Waals surface area (Å²) in [4.78, 5) is 4.25. The smallest absolute Gasteiger partial charge is 0.191 e. The van der Waals surface area contributed by atoms with Gasteiger partial charge in [0, 0.05) is 26.6 Å². The van der Waals surface area contributed by atoms with Crippen molar-refractivity contribution in [2.45, 2.75) is 19.6 Å². The molecular weight excluding hydrogens is 338 g/mol. The second-order valence-electron chi connectivity index (χ2n) is 6.10. The molecule has 5 heteroatoms. The van der Waals surface area contributed by atoms with Gasteiger partial charge in [0.1, 0.15) is 18.1 Å². The van der Waals surface area contributed by atoms with Crippen molar-refractivity contribution in [2.24, 2.45) is 4.99 Å². The Balaban J connectivity index is 1.40. The molecule has 0 spiro atoms. The minimum Gasteiger partial charge on any atom is -0.489 e. The van der Waals surface area contributed by atoms with Crippen molar-refractivity contribution in [1.29, 1.82) is 0 Å². The van der Waals surface area contributed by atoms with Crippen LogP contribution in [-0.4, -0.2) is 19.6 Å². The molecule has 0 saturated heterocycles. The minimum absolute atomic E-state index is 0.563. The van der Waals surface area contributed by atoms with Gasteiger partial charge in [-0.05, 0) is 35.4 Å². The monoisotopic (exact) mass is 363 g/mol. The van der Waals surface area contributed by atoms with Crippen LogP contribution in [0.5, 0.6) is 5.75 Å². The largest absolute Gasteiger partial charge is 0.489 e. The molecule has 140 valence electrons. The Bertz CT molecular complexity index is 813. The van der Waals surface area contributed by atoms with Crippen LogP contribution in [0.2, 0.25) is 0 Å². The van der Waals surface area contributed by atoms with Crippen LogP contribution in [0.4, 0.5) is 0 Å². The van der Waals surface area contributed by atoms with Gasteiger partial charge < -0.3 is 19.8 Å². The molecule has 2 N–H and O–H groups in total. The van der Waals surface area contributed by atoms with E-state index in [1.165, 1.54) is 5.56 Å². The summed E-state index contributed by atoms with van der Waals surface area (Å²) in [7, 11) is 1.77. The Morgan fingerprint density at radius 3 is 2.41 bits per heavy atom. The van der Waals surface area contributed by atoms with Gasteiger partial charge in [-0.1, -0.05) is 42.5 Å². The number of benzene rings is 2. The van der Waals surface area contributed by atoms with Gasteiger partial charge in [-0.15, -0.1) is 0 Å². The highest BCUT2D eigenvalue weighted by molar-refractivity contribution is 5.79. The Kier molecular flexibility index (Phi) is 6.92. The second-order valence-corrected chi connectivity index (χ2v) is 6.10. The van der Waals surface area contributed by atoms with Crippen molar-refractivity contribution in [3.63, 3.8) is 0 Å². The van der Waals surface area contributed by atoms with Gasteiger partial charge in [-0.3, -0.25) is 4.99 Å². The van der Waals surface area contributed by atoms with Gasteiger partial charge in [0.25, 0.3) is 0 Å². The topological polar surface area (TPSA) is 58.8 Å². The van der Waals surface area contributed by atoms with E-state index in [1.54, 1.807) is 13.3 Å². The molecule has 3 aromatic rings. The first kappa shape index (κ1) is 18.6. The third-order valence-corrected chi connectivity index (χ3v) is 4.10. The normalized spacial score (nSPS) is 11.2. The van der Waals surface area contributed by atoms with E-state index in [-0.39, 0.29) is 0 Å². The molecule has 1 heterocycles. The van der Waals surface area contributed by atoms with Crippen molar-refractivity contribution < 1.29 is 9.15 Å². The predicted octanol–water partition coefficient (Wildman–Crippen LogP) is 3.77. The van der Waals surface area contributed by atoms with Gasteiger partial charge in [0.05, 0.1) is 6.26 Å². The number of ether oxygens (including phenoxy) is 1. The maximum Gasteiger partial charge on any atom is 0.191 e. The molecule has 0 aliphatic heterocycles. The molecule has 3 rings (SSSR count). The number of hydrogen-bond donors (Lipinski definition) is 2. The van der Waals surface area contributed by atoms with E-state index in [0.29, 0.717) is 13.2 Å². The van der Waals surface area contributed by atoms with Gasteiger partial charge in [0.15, 0.2) is 5.96 Å². The average molecular weight is 363 g/mol. The van der Waals surface area contributed by atoms with E-state index in [2.05, 4.69) is 39.9 Å². The molecule has 0 unspecified atom stereocenters. The maximum atomic E-state index is 5.77. The molecule has 5 nitrogen and oxygen atoms in total. The van der Waals surface area contributed by atoms with E-state index in [9.17, 15) is 0 Å². The van der Waals surface area contributed by atoms with E-state index in [1.807, 2.05) is 42.5 Å². The lowest BCUT2D eigenvalue weighted by atomic mass is 10.1. The molecule has 0 amide bonds. The summed E-state index contributed by atoms with van der Waals surface area (Å²) < 4.78 is 11.1. The quantitative estimate of drug-likeness (QED) is 0.472. The number of para-hydroxylation sites is 1. The Morgan fingerprint density at radius 1 is 0.926 bits per heavy atom. The predicted molar refractivity (Wildman–Crippen MR) is 108 cm³/mol. The first-order chi connectivity index (χ1) is 13.3. The zero-order valence-corrected chi connectivity index (χ0v) is 15.5. The zero-order valence-electron chi connectivity index (χ0n) is 15.5. The second kappa shape index (κ2) is 10.1. The molecule has 0 aliphatic rings. The lowest BCUT2D eigenvalue weighted by molar-refractivity contribution is 0.306. The van der Waals surface area contributed by atoms with Crippen LogP contribution in [0.3, 0.4) is 0 Å². The van der Waals surface area contributed by atoms with Crippen LogP contribution in [0, 0.1) is 0 Å². The van der Waals surface area contributed by atoms with Crippen molar-refractivity contribution in [2.75, 3.05) is 13.6 Å². The van der Waals surface area contributed by atoms with Crippen LogP contribution < -0.4 is 15.4 Å². The van der Waals surface area contributed by atoms with Crippen LogP contribution in [0.15, 0.2) is 82.4 Å². The highest BCUT2D eigenvalue weighted by Crippen LogP contribution is 2.12. The summed E-state index contributed by atoms with van der Waals surface area (Å²) in [6.45, 7) is 2.04. The number of hydrogen-bond acceptors (Lipinski definition) is 3. The van der Waals surface area contributed by atoms with Crippen LogP contribution >= 0.6 is 0 Å². The lowest BCUT2D eigenvalue weighted by Crippen LogP contribution is -2.37. The highest BCUT2D eigenvalue weighted by Gasteiger charge is 2.01. The molecule has 0 atom stereocenters. The molecule has 2 aromatic carbocycles. The lowest BCUT2D eigenvalue weighted by Gasteiger charge is -2.12.